The zero-order valence-corrected chi connectivity index (χ0v) is 36.2. The first-order valence-corrected chi connectivity index (χ1v) is 21.1. The van der Waals surface area contributed by atoms with Gasteiger partial charge >= 0.3 is 17.9 Å². The number of carbonyl (C=O) groups is 3. The van der Waals surface area contributed by atoms with Gasteiger partial charge in [-0.05, 0) is 84.8 Å². The van der Waals surface area contributed by atoms with Crippen LogP contribution in [0.1, 0.15) is 55.5 Å². The molecule has 5 atom stereocenters. The van der Waals surface area contributed by atoms with Gasteiger partial charge in [-0.25, -0.2) is 14.4 Å². The van der Waals surface area contributed by atoms with E-state index in [1.54, 1.807) is 97.1 Å². The van der Waals surface area contributed by atoms with Gasteiger partial charge in [0.05, 0.1) is 44.2 Å². The van der Waals surface area contributed by atoms with Gasteiger partial charge in [-0.2, -0.15) is 0 Å². The maximum Gasteiger partial charge on any atom is 0.338 e. The van der Waals surface area contributed by atoms with E-state index in [-0.39, 0.29) is 34.5 Å². The van der Waals surface area contributed by atoms with Crippen molar-refractivity contribution in [2.45, 2.75) is 43.4 Å². The molecule has 12 nitrogen and oxygen atoms in total. The highest BCUT2D eigenvalue weighted by atomic mass is 79.9. The molecule has 0 aromatic heterocycles. The second kappa shape index (κ2) is 18.2. The molecule has 0 spiro atoms. The van der Waals surface area contributed by atoms with Crippen molar-refractivity contribution in [3.05, 3.63) is 205 Å². The number of esters is 3. The molecule has 1 saturated heterocycles. The minimum Gasteiger partial charge on any atom is -0.459 e. The number of rotatable bonds is 11. The molecule has 2 aliphatic rings. The second-order valence-electron chi connectivity index (χ2n) is 14.8. The number of hydrogen-bond donors (Lipinski definition) is 0. The Morgan fingerprint density at radius 3 is 1.79 bits per heavy atom. The van der Waals surface area contributed by atoms with Crippen molar-refractivity contribution in [2.24, 2.45) is 4.99 Å². The molecule has 2 heterocycles. The third-order valence-corrected chi connectivity index (χ3v) is 11.9. The molecule has 1 unspecified atom stereocenters. The Balaban J connectivity index is 1.32. The molecule has 62 heavy (non-hydrogen) atoms. The van der Waals surface area contributed by atoms with Crippen molar-refractivity contribution in [3.8, 4) is 0 Å². The zero-order chi connectivity index (χ0) is 43.4. The third-order valence-electron chi connectivity index (χ3n) is 10.8. The molecule has 0 saturated carbocycles. The summed E-state index contributed by atoms with van der Waals surface area (Å²) in [4.78, 5) is 60.5. The van der Waals surface area contributed by atoms with E-state index in [0.717, 1.165) is 20.1 Å². The van der Waals surface area contributed by atoms with Crippen LogP contribution in [0.15, 0.2) is 172 Å². The minimum absolute atomic E-state index is 0.199. The van der Waals surface area contributed by atoms with Crippen LogP contribution >= 0.6 is 31.9 Å². The quantitative estimate of drug-likeness (QED) is 0.0532. The van der Waals surface area contributed by atoms with Crippen LogP contribution in [0.2, 0.25) is 0 Å². The molecule has 6 aromatic rings. The maximum atomic E-state index is 14.2. The summed E-state index contributed by atoms with van der Waals surface area (Å²) in [6, 6.07) is 44.7. The number of ether oxygens (including phenoxy) is 4. The fourth-order valence-corrected chi connectivity index (χ4v) is 8.25. The first-order valence-electron chi connectivity index (χ1n) is 19.6. The summed E-state index contributed by atoms with van der Waals surface area (Å²) in [6.45, 7) is 1.57. The first kappa shape index (κ1) is 42.2. The summed E-state index contributed by atoms with van der Waals surface area (Å²) < 4.78 is 27.2. The molecule has 312 valence electrons. The molecule has 6 aromatic carbocycles. The molecule has 14 heteroatoms. The van der Waals surface area contributed by atoms with E-state index in [1.165, 1.54) is 12.1 Å². The van der Waals surface area contributed by atoms with Gasteiger partial charge in [0.15, 0.2) is 18.4 Å². The molecule has 1 fully saturated rings. The highest BCUT2D eigenvalue weighted by Crippen LogP contribution is 2.49. The van der Waals surface area contributed by atoms with Gasteiger partial charge < -0.3 is 23.8 Å². The number of nitrogens with zero attached hydrogens (tertiary/aromatic N) is 3. The lowest BCUT2D eigenvalue weighted by atomic mass is 9.82. The number of halogens is 2. The molecule has 0 amide bonds. The predicted molar refractivity (Wildman–Crippen MR) is 239 cm³/mol. The fourth-order valence-electron chi connectivity index (χ4n) is 7.72. The number of hydrogen-bond acceptors (Lipinski definition) is 11. The molecular weight excluding hydrogens is 922 g/mol. The van der Waals surface area contributed by atoms with E-state index in [9.17, 15) is 24.5 Å². The van der Waals surface area contributed by atoms with Gasteiger partial charge in [-0.3, -0.25) is 15.1 Å². The summed E-state index contributed by atoms with van der Waals surface area (Å²) in [5.41, 5.74) is 2.19. The molecule has 0 N–H and O–H groups in total. The van der Waals surface area contributed by atoms with Crippen LogP contribution in [0.5, 0.6) is 0 Å². The lowest BCUT2D eigenvalue weighted by Crippen LogP contribution is -2.56. The van der Waals surface area contributed by atoms with E-state index in [2.05, 4.69) is 31.9 Å². The number of nitro benzene ring substituents is 1. The Morgan fingerprint density at radius 2 is 1.24 bits per heavy atom. The van der Waals surface area contributed by atoms with Crippen LogP contribution in [0.4, 0.5) is 17.1 Å². The number of carbonyl (C=O) groups excluding carboxylic acids is 3. The highest BCUT2D eigenvalue weighted by Gasteiger charge is 2.57. The zero-order valence-electron chi connectivity index (χ0n) is 33.0. The largest absolute Gasteiger partial charge is 0.459 e. The Hall–Kier alpha value is -6.48. The molecule has 0 aliphatic carbocycles. The van der Waals surface area contributed by atoms with Crippen LogP contribution in [0.25, 0.3) is 0 Å². The molecule has 8 rings (SSSR count). The topological polar surface area (TPSA) is 147 Å². The Labute approximate surface area is 373 Å². The smallest absolute Gasteiger partial charge is 0.338 e. The highest BCUT2D eigenvalue weighted by molar-refractivity contribution is 9.10. The standard InChI is InChI=1S/C48H37Br2N3O9/c1-48(34-19-23-36(50)24-20-34)28-39(30-17-21-35(49)22-18-30)51-38-27-37(53(57)58)25-26-40(38)52(48)44-43(62-47(56)33-15-9-4-10-16-33)42(61-46(55)32-13-7-3-8-14-32)41(60-44)29-59-45(54)31-11-5-2-6-12-31/h2-27,41-44H,28-29H2,1H3/t41-,42-,43-,44-,48?/m1/s1. The number of benzene rings is 6. The van der Waals surface area contributed by atoms with Gasteiger partial charge in [-0.15, -0.1) is 0 Å². The van der Waals surface area contributed by atoms with Crippen LogP contribution in [0.3, 0.4) is 0 Å². The van der Waals surface area contributed by atoms with Crippen molar-refractivity contribution >= 4 is 72.5 Å². The summed E-state index contributed by atoms with van der Waals surface area (Å²) in [5.74, 6) is -2.12. The van der Waals surface area contributed by atoms with Crippen LogP contribution in [-0.4, -0.2) is 59.7 Å². The average molecular weight is 960 g/mol. The number of fused-ring (bicyclic) bond motifs is 1. The van der Waals surface area contributed by atoms with E-state index < -0.39 is 59.5 Å². The van der Waals surface area contributed by atoms with Crippen LogP contribution < -0.4 is 4.90 Å². The molecule has 0 bridgehead atoms. The van der Waals surface area contributed by atoms with Gasteiger partial charge in [-0.1, -0.05) is 111 Å². The first-order chi connectivity index (χ1) is 30.0. The van der Waals surface area contributed by atoms with Gasteiger partial charge in [0, 0.05) is 27.5 Å². The summed E-state index contributed by atoms with van der Waals surface area (Å²) in [5, 5.41) is 12.3. The van der Waals surface area contributed by atoms with Crippen LogP contribution in [-0.2, 0) is 24.5 Å². The maximum absolute atomic E-state index is 14.2. The van der Waals surface area contributed by atoms with E-state index in [0.29, 0.717) is 11.4 Å². The molecular formula is C48H37Br2N3O9. The summed E-state index contributed by atoms with van der Waals surface area (Å²) >= 11 is 7.10. The minimum atomic E-state index is -1.39. The molecule has 0 radical (unpaired) electrons. The monoisotopic (exact) mass is 957 g/mol. The SMILES string of the molecule is CC1(c2ccc(Br)cc2)CC(c2ccc(Br)cc2)=Nc2cc([N+](=O)[O-])ccc2N1[C@@H]1O[C@H](COC(=O)c2ccccc2)[C@@H](OC(=O)c2ccccc2)[C@H]1OC(=O)c1ccccc1. The van der Waals surface area contributed by atoms with E-state index in [4.69, 9.17) is 23.9 Å². The fraction of sp³-hybridized carbons (Fsp3) is 0.167. The van der Waals surface area contributed by atoms with Crippen molar-refractivity contribution in [1.82, 2.24) is 0 Å². The average Bonchev–Trinajstić information content (AvgIpc) is 3.54. The number of aliphatic imine (C=N–C) groups is 1. The Morgan fingerprint density at radius 1 is 0.726 bits per heavy atom. The van der Waals surface area contributed by atoms with Crippen molar-refractivity contribution in [2.75, 3.05) is 11.5 Å². The van der Waals surface area contributed by atoms with Gasteiger partial charge in [0.1, 0.15) is 12.7 Å². The van der Waals surface area contributed by atoms with E-state index in [1.807, 2.05) is 60.4 Å². The van der Waals surface area contributed by atoms with Gasteiger partial charge in [0.25, 0.3) is 5.69 Å². The second-order valence-corrected chi connectivity index (χ2v) is 16.7. The summed E-state index contributed by atoms with van der Waals surface area (Å²) in [6.07, 6.45) is -5.01. The van der Waals surface area contributed by atoms with Gasteiger partial charge in [0.2, 0.25) is 0 Å². The van der Waals surface area contributed by atoms with Crippen LogP contribution in [0, 0.1) is 10.1 Å². The summed E-state index contributed by atoms with van der Waals surface area (Å²) in [7, 11) is 0. The normalized spacial score (nSPS) is 20.6. The van der Waals surface area contributed by atoms with E-state index >= 15 is 0 Å². The number of nitro groups is 1. The third kappa shape index (κ3) is 8.94. The number of anilines is 1. The van der Waals surface area contributed by atoms with Crippen molar-refractivity contribution < 1.29 is 38.3 Å². The molecule has 2 aliphatic heterocycles. The lowest BCUT2D eigenvalue weighted by Gasteiger charge is -2.47. The number of non-ortho nitro benzene ring substituents is 1. The Kier molecular flexibility index (Phi) is 12.4. The predicted octanol–water partition coefficient (Wildman–Crippen LogP) is 10.4. The Bertz CT molecular complexity index is 2630. The van der Waals surface area contributed by atoms with Crippen molar-refractivity contribution in [1.29, 1.82) is 0 Å². The van der Waals surface area contributed by atoms with Crippen molar-refractivity contribution in [3.63, 3.8) is 0 Å². The lowest BCUT2D eigenvalue weighted by molar-refractivity contribution is -0.384.